The molecule has 1 aliphatic carbocycles. The number of hydrogen-bond donors (Lipinski definition) is 1. The van der Waals surface area contributed by atoms with E-state index in [9.17, 15) is 0 Å². The number of furan rings is 1. The van der Waals surface area contributed by atoms with Gasteiger partial charge < -0.3 is 14.6 Å². The Morgan fingerprint density at radius 1 is 1.23 bits per heavy atom. The van der Waals surface area contributed by atoms with Crippen LogP contribution < -0.4 is 10.2 Å². The Morgan fingerprint density at radius 3 is 2.87 bits per heavy atom. The molecule has 0 amide bonds. The average molecular weight is 417 g/mol. The van der Waals surface area contributed by atoms with Gasteiger partial charge in [0.05, 0.1) is 5.39 Å². The highest BCUT2D eigenvalue weighted by atomic mass is 16.3. The third-order valence-electron chi connectivity index (χ3n) is 6.32. The third kappa shape index (κ3) is 3.48. The molecule has 0 saturated heterocycles. The third-order valence-corrected chi connectivity index (χ3v) is 6.32. The van der Waals surface area contributed by atoms with Crippen LogP contribution in [0.1, 0.15) is 43.9 Å². The molecule has 5 rings (SSSR count). The molecule has 4 heterocycles. The molecule has 0 spiro atoms. The average Bonchev–Trinajstić information content (AvgIpc) is 3.16. The van der Waals surface area contributed by atoms with Gasteiger partial charge >= 0.3 is 0 Å². The van der Waals surface area contributed by atoms with E-state index in [-0.39, 0.29) is 5.41 Å². The summed E-state index contributed by atoms with van der Waals surface area (Å²) in [5.74, 6) is 1.71. The van der Waals surface area contributed by atoms with Crippen LogP contribution in [0.25, 0.3) is 22.2 Å². The highest BCUT2D eigenvalue weighted by Gasteiger charge is 2.32. The molecule has 4 aromatic heterocycles. The van der Waals surface area contributed by atoms with Crippen molar-refractivity contribution in [2.75, 3.05) is 23.8 Å². The largest absolute Gasteiger partial charge is 0.432 e. The fourth-order valence-corrected chi connectivity index (χ4v) is 4.47. The lowest BCUT2D eigenvalue weighted by Crippen LogP contribution is -2.26. The van der Waals surface area contributed by atoms with Crippen molar-refractivity contribution in [3.63, 3.8) is 0 Å². The molecule has 1 aliphatic rings. The highest BCUT2D eigenvalue weighted by molar-refractivity contribution is 6.07. The zero-order chi connectivity index (χ0) is 21.6. The van der Waals surface area contributed by atoms with Crippen molar-refractivity contribution in [2.24, 2.45) is 5.41 Å². The van der Waals surface area contributed by atoms with Crippen LogP contribution in [0.2, 0.25) is 0 Å². The first-order valence-electron chi connectivity index (χ1n) is 10.9. The molecular formula is C24H28N6O. The van der Waals surface area contributed by atoms with Gasteiger partial charge in [0.25, 0.3) is 0 Å². The minimum atomic E-state index is 0.237. The van der Waals surface area contributed by atoms with E-state index in [1.807, 2.05) is 18.3 Å². The molecule has 0 atom stereocenters. The fraction of sp³-hybridized carbons (Fsp3) is 0.417. The van der Waals surface area contributed by atoms with Gasteiger partial charge in [0.2, 0.25) is 5.71 Å². The zero-order valence-electron chi connectivity index (χ0n) is 18.6. The van der Waals surface area contributed by atoms with E-state index in [1.165, 1.54) is 11.1 Å². The van der Waals surface area contributed by atoms with Crippen LogP contribution >= 0.6 is 0 Å². The smallest absolute Gasteiger partial charge is 0.231 e. The van der Waals surface area contributed by atoms with Crippen LogP contribution in [0.3, 0.4) is 0 Å². The van der Waals surface area contributed by atoms with Crippen LogP contribution in [0, 0.1) is 5.41 Å². The summed E-state index contributed by atoms with van der Waals surface area (Å²) >= 11 is 0. The van der Waals surface area contributed by atoms with Crippen molar-refractivity contribution in [2.45, 2.75) is 46.6 Å². The molecule has 0 saturated carbocycles. The van der Waals surface area contributed by atoms with Gasteiger partial charge in [0.1, 0.15) is 17.7 Å². The summed E-state index contributed by atoms with van der Waals surface area (Å²) in [5.41, 5.74) is 6.12. The summed E-state index contributed by atoms with van der Waals surface area (Å²) in [6.07, 6.45) is 8.39. The van der Waals surface area contributed by atoms with E-state index in [4.69, 9.17) is 9.40 Å². The fourth-order valence-electron chi connectivity index (χ4n) is 4.47. The van der Waals surface area contributed by atoms with Crippen molar-refractivity contribution in [1.82, 2.24) is 19.9 Å². The van der Waals surface area contributed by atoms with Crippen molar-refractivity contribution in [3.05, 3.63) is 47.5 Å². The van der Waals surface area contributed by atoms with Gasteiger partial charge in [0.15, 0.2) is 11.4 Å². The lowest BCUT2D eigenvalue weighted by atomic mass is 9.73. The molecule has 160 valence electrons. The van der Waals surface area contributed by atoms with Gasteiger partial charge in [-0.15, -0.1) is 0 Å². The van der Waals surface area contributed by atoms with Crippen LogP contribution in [0.15, 0.2) is 35.3 Å². The van der Waals surface area contributed by atoms with E-state index < -0.39 is 0 Å². The van der Waals surface area contributed by atoms with Gasteiger partial charge in [-0.05, 0) is 54.4 Å². The van der Waals surface area contributed by atoms with E-state index in [1.54, 1.807) is 12.5 Å². The molecule has 4 aromatic rings. The van der Waals surface area contributed by atoms with Crippen LogP contribution in [-0.2, 0) is 19.4 Å². The maximum Gasteiger partial charge on any atom is 0.231 e. The maximum atomic E-state index is 6.30. The number of pyridine rings is 2. The second-order valence-electron chi connectivity index (χ2n) is 9.14. The molecule has 7 heteroatoms. The lowest BCUT2D eigenvalue weighted by Gasteiger charge is -2.33. The Hall–Kier alpha value is -3.22. The van der Waals surface area contributed by atoms with Gasteiger partial charge in [0, 0.05) is 32.5 Å². The van der Waals surface area contributed by atoms with Crippen molar-refractivity contribution >= 4 is 33.8 Å². The minimum Gasteiger partial charge on any atom is -0.432 e. The van der Waals surface area contributed by atoms with Crippen LogP contribution in [0.5, 0.6) is 0 Å². The normalized spacial score (nSPS) is 15.2. The molecule has 0 aliphatic heterocycles. The molecule has 0 bridgehead atoms. The van der Waals surface area contributed by atoms with E-state index >= 15 is 0 Å². The Kier molecular flexibility index (Phi) is 4.76. The Bertz CT molecular complexity index is 1250. The lowest BCUT2D eigenvalue weighted by molar-refractivity contribution is 0.316. The second kappa shape index (κ2) is 7.48. The standard InChI is InChI=1S/C24H28N6O/c1-5-30(4)22-16-8-9-24(2,3)11-17(16)18-19-20(31-23(18)29-22)21(28-14-27-19)26-13-15-7-6-10-25-12-15/h6-7,10,12,14H,5,8-9,11,13H2,1-4H3,(H,26,27,28). The van der Waals surface area contributed by atoms with E-state index in [0.717, 1.165) is 48.1 Å². The van der Waals surface area contributed by atoms with E-state index in [2.05, 4.69) is 53.0 Å². The monoisotopic (exact) mass is 416 g/mol. The van der Waals surface area contributed by atoms with Crippen LogP contribution in [0.4, 0.5) is 11.6 Å². The first kappa shape index (κ1) is 19.7. The van der Waals surface area contributed by atoms with E-state index in [0.29, 0.717) is 23.7 Å². The molecule has 0 fully saturated rings. The number of anilines is 2. The summed E-state index contributed by atoms with van der Waals surface area (Å²) in [5, 5.41) is 4.43. The first-order chi connectivity index (χ1) is 15.0. The molecule has 0 unspecified atom stereocenters. The number of fused-ring (bicyclic) bond motifs is 5. The summed E-state index contributed by atoms with van der Waals surface area (Å²) in [7, 11) is 2.09. The van der Waals surface area contributed by atoms with Gasteiger partial charge in [-0.1, -0.05) is 19.9 Å². The zero-order valence-corrected chi connectivity index (χ0v) is 18.6. The van der Waals surface area contributed by atoms with Crippen LogP contribution in [-0.4, -0.2) is 33.5 Å². The topological polar surface area (TPSA) is 80.0 Å². The van der Waals surface area contributed by atoms with Crippen molar-refractivity contribution < 1.29 is 4.42 Å². The Labute approximate surface area is 181 Å². The van der Waals surface area contributed by atoms with Gasteiger partial charge in [-0.25, -0.2) is 9.97 Å². The summed E-state index contributed by atoms with van der Waals surface area (Å²) in [6.45, 7) is 8.33. The predicted molar refractivity (Wildman–Crippen MR) is 123 cm³/mol. The molecule has 31 heavy (non-hydrogen) atoms. The molecule has 1 N–H and O–H groups in total. The second-order valence-corrected chi connectivity index (χ2v) is 9.14. The number of aromatic nitrogens is 4. The Balaban J connectivity index is 1.67. The number of rotatable bonds is 5. The van der Waals surface area contributed by atoms with Crippen molar-refractivity contribution in [1.29, 1.82) is 0 Å². The van der Waals surface area contributed by atoms with Crippen molar-refractivity contribution in [3.8, 4) is 0 Å². The highest BCUT2D eigenvalue weighted by Crippen LogP contribution is 2.44. The first-order valence-corrected chi connectivity index (χ1v) is 10.9. The summed E-state index contributed by atoms with van der Waals surface area (Å²) in [4.78, 5) is 20.4. The molecule has 0 radical (unpaired) electrons. The number of nitrogens with zero attached hydrogens (tertiary/aromatic N) is 5. The SMILES string of the molecule is CCN(C)c1nc2oc3c(NCc4cccnc4)ncnc3c2c2c1CCC(C)(C)C2. The van der Waals surface area contributed by atoms with Gasteiger partial charge in [-0.2, -0.15) is 4.98 Å². The summed E-state index contributed by atoms with van der Waals surface area (Å²) in [6, 6.07) is 3.96. The predicted octanol–water partition coefficient (Wildman–Crippen LogP) is 4.75. The molecule has 7 nitrogen and oxygen atoms in total. The number of nitrogens with one attached hydrogen (secondary N) is 1. The Morgan fingerprint density at radius 2 is 2.10 bits per heavy atom. The quantitative estimate of drug-likeness (QED) is 0.503. The minimum absolute atomic E-state index is 0.237. The van der Waals surface area contributed by atoms with Gasteiger partial charge in [-0.3, -0.25) is 4.98 Å². The maximum absolute atomic E-state index is 6.30. The summed E-state index contributed by atoms with van der Waals surface area (Å²) < 4.78 is 6.30. The molecular weight excluding hydrogens is 388 g/mol. The number of hydrogen-bond acceptors (Lipinski definition) is 7. The molecule has 0 aromatic carbocycles.